The Labute approximate surface area is 111 Å². The van der Waals surface area contributed by atoms with Gasteiger partial charge in [0.2, 0.25) is 0 Å². The summed E-state index contributed by atoms with van der Waals surface area (Å²) in [6, 6.07) is 10.2. The van der Waals surface area contributed by atoms with Crippen LogP contribution in [0.4, 0.5) is 4.79 Å². The highest BCUT2D eigenvalue weighted by Crippen LogP contribution is 2.30. The fourth-order valence-corrected chi connectivity index (χ4v) is 2.70. The van der Waals surface area contributed by atoms with E-state index in [0.717, 1.165) is 19.6 Å². The van der Waals surface area contributed by atoms with Crippen LogP contribution in [-0.2, 0) is 16.1 Å². The van der Waals surface area contributed by atoms with Gasteiger partial charge in [0, 0.05) is 32.5 Å². The third-order valence-corrected chi connectivity index (χ3v) is 3.83. The molecule has 2 saturated heterocycles. The third-order valence-electron chi connectivity index (χ3n) is 3.83. The summed E-state index contributed by atoms with van der Waals surface area (Å²) < 4.78 is 5.17. The smallest absolute Gasteiger partial charge is 0.415 e. The number of nitrogens with zero attached hydrogens (tertiary/aromatic N) is 1. The van der Waals surface area contributed by atoms with E-state index in [-0.39, 0.29) is 5.91 Å². The van der Waals surface area contributed by atoms with Crippen molar-refractivity contribution >= 4 is 12.0 Å². The Balaban J connectivity index is 1.61. The number of hydrogen-bond acceptors (Lipinski definition) is 4. The molecule has 2 aliphatic rings. The van der Waals surface area contributed by atoms with Gasteiger partial charge in [-0.05, 0) is 5.56 Å². The highest BCUT2D eigenvalue weighted by Gasteiger charge is 2.50. The van der Waals surface area contributed by atoms with Gasteiger partial charge in [0.1, 0.15) is 0 Å². The number of imide groups is 1. The van der Waals surface area contributed by atoms with Crippen molar-refractivity contribution in [3.05, 3.63) is 35.9 Å². The minimum atomic E-state index is -0.912. The van der Waals surface area contributed by atoms with Gasteiger partial charge < -0.3 is 4.74 Å². The summed E-state index contributed by atoms with van der Waals surface area (Å²) >= 11 is 0. The van der Waals surface area contributed by atoms with Crippen LogP contribution in [0.2, 0.25) is 0 Å². The Morgan fingerprint density at radius 3 is 2.42 bits per heavy atom. The lowest BCUT2D eigenvalue weighted by molar-refractivity contribution is -0.135. The molecule has 3 rings (SSSR count). The number of alkyl carbamates (subject to hydrolysis) is 1. The van der Waals surface area contributed by atoms with Gasteiger partial charge in [-0.15, -0.1) is 0 Å². The van der Waals surface area contributed by atoms with E-state index in [0.29, 0.717) is 12.8 Å². The molecule has 1 aromatic carbocycles. The fourth-order valence-electron chi connectivity index (χ4n) is 2.70. The Hall–Kier alpha value is -1.88. The van der Waals surface area contributed by atoms with Crippen molar-refractivity contribution in [2.75, 3.05) is 13.1 Å². The fraction of sp³-hybridized carbons (Fsp3) is 0.429. The first-order chi connectivity index (χ1) is 9.18. The number of hydrogen-bond donors (Lipinski definition) is 1. The van der Waals surface area contributed by atoms with Crippen LogP contribution in [0.15, 0.2) is 30.3 Å². The van der Waals surface area contributed by atoms with Gasteiger partial charge in [-0.25, -0.2) is 4.79 Å². The quantitative estimate of drug-likeness (QED) is 0.870. The van der Waals surface area contributed by atoms with Crippen molar-refractivity contribution in [3.8, 4) is 0 Å². The minimum absolute atomic E-state index is 0.281. The molecule has 0 atom stereocenters. The van der Waals surface area contributed by atoms with Gasteiger partial charge in [-0.3, -0.25) is 15.0 Å². The van der Waals surface area contributed by atoms with Crippen molar-refractivity contribution < 1.29 is 14.3 Å². The summed E-state index contributed by atoms with van der Waals surface area (Å²) in [7, 11) is 0. The molecule has 0 saturated carbocycles. The van der Waals surface area contributed by atoms with Crippen LogP contribution < -0.4 is 5.32 Å². The van der Waals surface area contributed by atoms with Crippen LogP contribution in [0.1, 0.15) is 18.4 Å². The molecule has 0 aliphatic carbocycles. The number of amides is 2. The highest BCUT2D eigenvalue weighted by molar-refractivity contribution is 6.02. The Morgan fingerprint density at radius 2 is 1.84 bits per heavy atom. The van der Waals surface area contributed by atoms with Crippen molar-refractivity contribution in [1.82, 2.24) is 10.2 Å². The second-order valence-corrected chi connectivity index (χ2v) is 5.10. The van der Waals surface area contributed by atoms with Gasteiger partial charge in [0.05, 0.1) is 0 Å². The number of rotatable bonds is 2. The van der Waals surface area contributed by atoms with E-state index in [1.165, 1.54) is 5.56 Å². The molecule has 1 aromatic rings. The van der Waals surface area contributed by atoms with E-state index in [9.17, 15) is 9.59 Å². The third kappa shape index (κ3) is 2.33. The van der Waals surface area contributed by atoms with E-state index in [2.05, 4.69) is 22.3 Å². The number of likely N-dealkylation sites (tertiary alicyclic amines) is 1. The maximum atomic E-state index is 11.8. The molecule has 5 heteroatoms. The van der Waals surface area contributed by atoms with E-state index in [4.69, 9.17) is 4.74 Å². The molecule has 1 N–H and O–H groups in total. The van der Waals surface area contributed by atoms with Gasteiger partial charge >= 0.3 is 6.09 Å². The molecule has 19 heavy (non-hydrogen) atoms. The highest BCUT2D eigenvalue weighted by atomic mass is 16.6. The van der Waals surface area contributed by atoms with Crippen LogP contribution in [0.3, 0.4) is 0 Å². The van der Waals surface area contributed by atoms with Gasteiger partial charge in [-0.1, -0.05) is 30.3 Å². The van der Waals surface area contributed by atoms with Crippen molar-refractivity contribution in [2.24, 2.45) is 0 Å². The average molecular weight is 260 g/mol. The van der Waals surface area contributed by atoms with Crippen molar-refractivity contribution in [1.29, 1.82) is 0 Å². The Bertz CT molecular complexity index is 493. The SMILES string of the molecule is O=C1NC(=O)C2(CCN(Cc3ccccc3)CC2)O1. The first-order valence-corrected chi connectivity index (χ1v) is 6.49. The molecule has 0 bridgehead atoms. The number of benzene rings is 1. The van der Waals surface area contributed by atoms with Gasteiger partial charge in [-0.2, -0.15) is 0 Å². The summed E-state index contributed by atoms with van der Waals surface area (Å²) in [5, 5.41) is 2.22. The standard InChI is InChI=1S/C14H16N2O3/c17-12-14(19-13(18)15-12)6-8-16(9-7-14)10-11-4-2-1-3-5-11/h1-5H,6-10H2,(H,15,17,18). The van der Waals surface area contributed by atoms with Crippen LogP contribution >= 0.6 is 0 Å². The van der Waals surface area contributed by atoms with Crippen LogP contribution in [0, 0.1) is 0 Å². The lowest BCUT2D eigenvalue weighted by Crippen LogP contribution is -2.49. The molecule has 0 unspecified atom stereocenters. The monoisotopic (exact) mass is 260 g/mol. The summed E-state index contributed by atoms with van der Waals surface area (Å²) in [5.74, 6) is -0.281. The number of nitrogens with one attached hydrogen (secondary N) is 1. The first-order valence-electron chi connectivity index (χ1n) is 6.49. The molecule has 2 amide bonds. The predicted octanol–water partition coefficient (Wildman–Crippen LogP) is 1.29. The molecule has 100 valence electrons. The summed E-state index contributed by atoms with van der Waals surface area (Å²) in [5.41, 5.74) is 0.343. The van der Waals surface area contributed by atoms with E-state index >= 15 is 0 Å². The second kappa shape index (κ2) is 4.66. The van der Waals surface area contributed by atoms with Crippen molar-refractivity contribution in [3.63, 3.8) is 0 Å². The van der Waals surface area contributed by atoms with Crippen LogP contribution in [-0.4, -0.2) is 35.6 Å². The van der Waals surface area contributed by atoms with Gasteiger partial charge in [0.15, 0.2) is 5.60 Å². The summed E-state index contributed by atoms with van der Waals surface area (Å²) in [6.45, 7) is 2.39. The number of piperidine rings is 1. The maximum absolute atomic E-state index is 11.8. The largest absolute Gasteiger partial charge is 0.432 e. The molecule has 0 radical (unpaired) electrons. The molecule has 5 nitrogen and oxygen atoms in total. The molecule has 2 heterocycles. The Morgan fingerprint density at radius 1 is 1.16 bits per heavy atom. The summed E-state index contributed by atoms with van der Waals surface area (Å²) in [6.07, 6.45) is 0.524. The lowest BCUT2D eigenvalue weighted by atomic mass is 9.90. The average Bonchev–Trinajstić information content (AvgIpc) is 2.68. The number of carbonyl (C=O) groups excluding carboxylic acids is 2. The minimum Gasteiger partial charge on any atom is -0.432 e. The number of ether oxygens (including phenoxy) is 1. The van der Waals surface area contributed by atoms with Gasteiger partial charge in [0.25, 0.3) is 5.91 Å². The van der Waals surface area contributed by atoms with E-state index in [1.54, 1.807) is 0 Å². The van der Waals surface area contributed by atoms with Crippen molar-refractivity contribution in [2.45, 2.75) is 25.0 Å². The zero-order valence-corrected chi connectivity index (χ0v) is 10.6. The number of carbonyl (C=O) groups is 2. The molecule has 2 fully saturated rings. The van der Waals surface area contributed by atoms with E-state index in [1.807, 2.05) is 18.2 Å². The lowest BCUT2D eigenvalue weighted by Gasteiger charge is -2.35. The molecular formula is C14H16N2O3. The second-order valence-electron chi connectivity index (χ2n) is 5.10. The predicted molar refractivity (Wildman–Crippen MR) is 68.3 cm³/mol. The molecule has 1 spiro atoms. The summed E-state index contributed by atoms with van der Waals surface area (Å²) in [4.78, 5) is 25.2. The zero-order valence-electron chi connectivity index (χ0n) is 10.6. The van der Waals surface area contributed by atoms with E-state index < -0.39 is 11.7 Å². The van der Waals surface area contributed by atoms with Crippen LogP contribution in [0.25, 0.3) is 0 Å². The normalized spacial score (nSPS) is 22.3. The topological polar surface area (TPSA) is 58.6 Å². The van der Waals surface area contributed by atoms with Crippen LogP contribution in [0.5, 0.6) is 0 Å². The zero-order chi connectivity index (χ0) is 13.3. The molecular weight excluding hydrogens is 244 g/mol. The Kier molecular flexibility index (Phi) is 2.98. The molecule has 2 aliphatic heterocycles. The first kappa shape index (κ1) is 12.2. The maximum Gasteiger partial charge on any atom is 0.415 e. The molecule has 0 aromatic heterocycles.